The molecule has 11 heavy (non-hydrogen) atoms. The maximum atomic E-state index is 5.45. The summed E-state index contributed by atoms with van der Waals surface area (Å²) in [5, 5.41) is 4.08. The summed E-state index contributed by atoms with van der Waals surface area (Å²) in [5.74, 6) is 1.33. The Morgan fingerprint density at radius 3 is 2.82 bits per heavy atom. The van der Waals surface area contributed by atoms with E-state index in [4.69, 9.17) is 5.73 Å². The van der Waals surface area contributed by atoms with E-state index in [1.165, 1.54) is 0 Å². The molecule has 0 atom stereocenters. The first-order chi connectivity index (χ1) is 5.18. The van der Waals surface area contributed by atoms with Crippen LogP contribution in [0.5, 0.6) is 0 Å². The van der Waals surface area contributed by atoms with Gasteiger partial charge >= 0.3 is 0 Å². The first-order valence-electron chi connectivity index (χ1n) is 3.97. The van der Waals surface area contributed by atoms with E-state index < -0.39 is 0 Å². The lowest BCUT2D eigenvalue weighted by atomic mass is 10.1. The highest BCUT2D eigenvalue weighted by atomic mass is 15.3. The molecule has 0 radical (unpaired) electrons. The summed E-state index contributed by atoms with van der Waals surface area (Å²) in [6, 6.07) is 1.82. The highest BCUT2D eigenvalue weighted by molar-refractivity contribution is 5.23. The highest BCUT2D eigenvalue weighted by Crippen LogP contribution is 2.03. The number of nitrogens with two attached hydrogens (primary N) is 1. The summed E-state index contributed by atoms with van der Waals surface area (Å²) in [7, 11) is 0. The molecule has 1 rings (SSSR count). The molecule has 1 aromatic heterocycles. The maximum absolute atomic E-state index is 5.45. The summed E-state index contributed by atoms with van der Waals surface area (Å²) in [6.45, 7) is 5.37. The van der Waals surface area contributed by atoms with Crippen LogP contribution in [0.25, 0.3) is 0 Å². The molecule has 2 N–H and O–H groups in total. The van der Waals surface area contributed by atoms with E-state index in [0.29, 0.717) is 5.82 Å². The van der Waals surface area contributed by atoms with Gasteiger partial charge < -0.3 is 5.73 Å². The van der Waals surface area contributed by atoms with Gasteiger partial charge in [-0.15, -0.1) is 0 Å². The zero-order chi connectivity index (χ0) is 8.27. The van der Waals surface area contributed by atoms with Gasteiger partial charge in [-0.05, 0) is 18.4 Å². The van der Waals surface area contributed by atoms with E-state index in [0.717, 1.165) is 18.9 Å². The van der Waals surface area contributed by atoms with Crippen LogP contribution in [0.2, 0.25) is 0 Å². The standard InChI is InChI=1S/C8H15N3/c1-7(2)3-5-11-6-4-8(9)10-11/h4,6-7H,3,5H2,1-2H3,(H2,9,10). The number of hydrogen-bond donors (Lipinski definition) is 1. The molecule has 0 unspecified atom stereocenters. The molecule has 0 aliphatic rings. The zero-order valence-electron chi connectivity index (χ0n) is 7.12. The molecule has 3 nitrogen and oxygen atoms in total. The van der Waals surface area contributed by atoms with E-state index in [1.54, 1.807) is 0 Å². The van der Waals surface area contributed by atoms with E-state index in [1.807, 2.05) is 16.9 Å². The average molecular weight is 153 g/mol. The molecule has 0 spiro atoms. The predicted octanol–water partition coefficient (Wildman–Crippen LogP) is 1.51. The summed E-state index contributed by atoms with van der Waals surface area (Å²) < 4.78 is 1.88. The van der Waals surface area contributed by atoms with Gasteiger partial charge in [-0.3, -0.25) is 4.68 Å². The molecule has 1 heterocycles. The smallest absolute Gasteiger partial charge is 0.145 e. The number of rotatable bonds is 3. The number of nitrogen functional groups attached to an aromatic ring is 1. The van der Waals surface area contributed by atoms with Crippen molar-refractivity contribution in [2.45, 2.75) is 26.8 Å². The average Bonchev–Trinajstić information content (AvgIpc) is 2.31. The van der Waals surface area contributed by atoms with Crippen molar-refractivity contribution in [1.82, 2.24) is 9.78 Å². The fraction of sp³-hybridized carbons (Fsp3) is 0.625. The molecule has 0 saturated heterocycles. The van der Waals surface area contributed by atoms with E-state index in [-0.39, 0.29) is 0 Å². The Morgan fingerprint density at radius 2 is 2.36 bits per heavy atom. The lowest BCUT2D eigenvalue weighted by molar-refractivity contribution is 0.488. The number of anilines is 1. The summed E-state index contributed by atoms with van der Waals surface area (Å²) in [4.78, 5) is 0. The Bertz CT molecular complexity index is 215. The second kappa shape index (κ2) is 3.42. The highest BCUT2D eigenvalue weighted by Gasteiger charge is 1.96. The van der Waals surface area contributed by atoms with Crippen LogP contribution in [0, 0.1) is 5.92 Å². The second-order valence-corrected chi connectivity index (χ2v) is 3.19. The Hall–Kier alpha value is -0.990. The van der Waals surface area contributed by atoms with Gasteiger partial charge in [0.1, 0.15) is 5.82 Å². The predicted molar refractivity (Wildman–Crippen MR) is 46.1 cm³/mol. The van der Waals surface area contributed by atoms with Crippen molar-refractivity contribution >= 4 is 5.82 Å². The fourth-order valence-electron chi connectivity index (χ4n) is 0.892. The Kier molecular flexibility index (Phi) is 2.52. The molecule has 0 aromatic carbocycles. The van der Waals surface area contributed by atoms with Gasteiger partial charge in [-0.2, -0.15) is 5.10 Å². The second-order valence-electron chi connectivity index (χ2n) is 3.19. The zero-order valence-corrected chi connectivity index (χ0v) is 7.12. The largest absolute Gasteiger partial charge is 0.382 e. The molecular formula is C8H15N3. The minimum atomic E-state index is 0.605. The first-order valence-corrected chi connectivity index (χ1v) is 3.97. The lowest BCUT2D eigenvalue weighted by Gasteiger charge is -2.03. The van der Waals surface area contributed by atoms with Gasteiger partial charge in [0.15, 0.2) is 0 Å². The van der Waals surface area contributed by atoms with Crippen molar-refractivity contribution < 1.29 is 0 Å². The fourth-order valence-corrected chi connectivity index (χ4v) is 0.892. The van der Waals surface area contributed by atoms with Gasteiger partial charge in [0, 0.05) is 12.7 Å². The Balaban J connectivity index is 2.39. The minimum Gasteiger partial charge on any atom is -0.382 e. The van der Waals surface area contributed by atoms with Gasteiger partial charge in [0.2, 0.25) is 0 Å². The van der Waals surface area contributed by atoms with Gasteiger partial charge in [0.05, 0.1) is 0 Å². The van der Waals surface area contributed by atoms with Crippen molar-refractivity contribution in [2.75, 3.05) is 5.73 Å². The number of nitrogens with zero attached hydrogens (tertiary/aromatic N) is 2. The molecule has 0 aliphatic heterocycles. The van der Waals surface area contributed by atoms with Crippen LogP contribution in [0.1, 0.15) is 20.3 Å². The van der Waals surface area contributed by atoms with Crippen LogP contribution in [0.4, 0.5) is 5.82 Å². The molecule has 0 saturated carbocycles. The van der Waals surface area contributed by atoms with Crippen LogP contribution in [-0.2, 0) is 6.54 Å². The van der Waals surface area contributed by atoms with Crippen molar-refractivity contribution in [3.63, 3.8) is 0 Å². The third kappa shape index (κ3) is 2.62. The quantitative estimate of drug-likeness (QED) is 0.715. The van der Waals surface area contributed by atoms with Crippen molar-refractivity contribution in [2.24, 2.45) is 5.92 Å². The number of aromatic nitrogens is 2. The Labute approximate surface area is 67.2 Å². The van der Waals surface area contributed by atoms with Crippen LogP contribution in [0.15, 0.2) is 12.3 Å². The molecule has 3 heteroatoms. The number of hydrogen-bond acceptors (Lipinski definition) is 2. The molecule has 62 valence electrons. The van der Waals surface area contributed by atoms with Gasteiger partial charge in [-0.1, -0.05) is 13.8 Å². The topological polar surface area (TPSA) is 43.8 Å². The maximum Gasteiger partial charge on any atom is 0.145 e. The minimum absolute atomic E-state index is 0.605. The summed E-state index contributed by atoms with van der Waals surface area (Å²) in [5.41, 5.74) is 5.45. The molecule has 0 amide bonds. The lowest BCUT2D eigenvalue weighted by Crippen LogP contribution is -2.02. The monoisotopic (exact) mass is 153 g/mol. The van der Waals surface area contributed by atoms with E-state index >= 15 is 0 Å². The van der Waals surface area contributed by atoms with Gasteiger partial charge in [0.25, 0.3) is 0 Å². The third-order valence-electron chi connectivity index (χ3n) is 1.60. The third-order valence-corrected chi connectivity index (χ3v) is 1.60. The molecular weight excluding hydrogens is 138 g/mol. The van der Waals surface area contributed by atoms with Crippen LogP contribution in [-0.4, -0.2) is 9.78 Å². The first kappa shape index (κ1) is 8.11. The molecule has 0 aliphatic carbocycles. The van der Waals surface area contributed by atoms with Crippen molar-refractivity contribution in [1.29, 1.82) is 0 Å². The SMILES string of the molecule is CC(C)CCn1ccc(N)n1. The van der Waals surface area contributed by atoms with Crippen LogP contribution < -0.4 is 5.73 Å². The van der Waals surface area contributed by atoms with Crippen molar-refractivity contribution in [3.8, 4) is 0 Å². The molecule has 0 bridgehead atoms. The van der Waals surface area contributed by atoms with Crippen LogP contribution in [0.3, 0.4) is 0 Å². The molecule has 0 fully saturated rings. The normalized spacial score (nSPS) is 10.8. The molecule has 1 aromatic rings. The van der Waals surface area contributed by atoms with E-state index in [9.17, 15) is 0 Å². The van der Waals surface area contributed by atoms with Crippen LogP contribution >= 0.6 is 0 Å². The van der Waals surface area contributed by atoms with Crippen molar-refractivity contribution in [3.05, 3.63) is 12.3 Å². The summed E-state index contributed by atoms with van der Waals surface area (Å²) >= 11 is 0. The number of aryl methyl sites for hydroxylation is 1. The summed E-state index contributed by atoms with van der Waals surface area (Å²) in [6.07, 6.45) is 3.07. The Morgan fingerprint density at radius 1 is 1.64 bits per heavy atom. The van der Waals surface area contributed by atoms with E-state index in [2.05, 4.69) is 18.9 Å². The van der Waals surface area contributed by atoms with Gasteiger partial charge in [-0.25, -0.2) is 0 Å².